The van der Waals surface area contributed by atoms with E-state index in [0.717, 1.165) is 6.42 Å². The summed E-state index contributed by atoms with van der Waals surface area (Å²) in [5.74, 6) is 0.274. The second-order valence-electron chi connectivity index (χ2n) is 8.40. The first-order valence-corrected chi connectivity index (χ1v) is 11.9. The SMILES string of the molecule is Nc1ncc(Cl)c2c1c(-c1ccc(C(=O)Nc3ccccn3)cc1Cl)nn2C1CCCN(C(=O)O)C1. The van der Waals surface area contributed by atoms with Crippen molar-refractivity contribution in [1.82, 2.24) is 24.6 Å². The fourth-order valence-electron chi connectivity index (χ4n) is 4.41. The Hall–Kier alpha value is -3.89. The highest BCUT2D eigenvalue weighted by Gasteiger charge is 2.29. The molecule has 4 N–H and O–H groups in total. The zero-order valence-electron chi connectivity index (χ0n) is 18.9. The molecule has 12 heteroatoms. The smallest absolute Gasteiger partial charge is 0.407 e. The molecule has 1 aliphatic rings. The van der Waals surface area contributed by atoms with E-state index in [1.807, 2.05) is 0 Å². The number of nitrogens with zero attached hydrogens (tertiary/aromatic N) is 5. The molecule has 36 heavy (non-hydrogen) atoms. The minimum absolute atomic E-state index is 0.217. The van der Waals surface area contributed by atoms with Gasteiger partial charge in [-0.25, -0.2) is 14.8 Å². The highest BCUT2D eigenvalue weighted by Crippen LogP contribution is 2.40. The first-order valence-electron chi connectivity index (χ1n) is 11.2. The molecule has 3 aromatic heterocycles. The van der Waals surface area contributed by atoms with Gasteiger partial charge < -0.3 is 21.1 Å². The van der Waals surface area contributed by atoms with Crippen molar-refractivity contribution < 1.29 is 14.7 Å². The molecule has 1 atom stereocenters. The van der Waals surface area contributed by atoms with Gasteiger partial charge in [0.2, 0.25) is 0 Å². The van der Waals surface area contributed by atoms with Crippen LogP contribution in [0.1, 0.15) is 29.2 Å². The Morgan fingerprint density at radius 2 is 1.97 bits per heavy atom. The maximum Gasteiger partial charge on any atom is 0.407 e. The Balaban J connectivity index is 1.56. The molecule has 1 aromatic carbocycles. The lowest BCUT2D eigenvalue weighted by molar-refractivity contribution is 0.102. The van der Waals surface area contributed by atoms with Gasteiger partial charge in [-0.2, -0.15) is 5.10 Å². The van der Waals surface area contributed by atoms with Crippen molar-refractivity contribution in [3.8, 4) is 11.3 Å². The number of carboxylic acid groups (broad SMARTS) is 1. The fourth-order valence-corrected chi connectivity index (χ4v) is 4.91. The van der Waals surface area contributed by atoms with E-state index in [-0.39, 0.29) is 29.3 Å². The van der Waals surface area contributed by atoms with Crippen LogP contribution in [0, 0.1) is 0 Å². The van der Waals surface area contributed by atoms with Gasteiger partial charge in [-0.1, -0.05) is 35.3 Å². The number of hydrogen-bond acceptors (Lipinski definition) is 6. The summed E-state index contributed by atoms with van der Waals surface area (Å²) in [6.45, 7) is 0.730. The first-order chi connectivity index (χ1) is 17.3. The van der Waals surface area contributed by atoms with Crippen LogP contribution in [-0.2, 0) is 0 Å². The number of likely N-dealkylation sites (tertiary alicyclic amines) is 1. The minimum atomic E-state index is -0.980. The van der Waals surface area contributed by atoms with Crippen LogP contribution in [0.4, 0.5) is 16.4 Å². The lowest BCUT2D eigenvalue weighted by atomic mass is 10.0. The summed E-state index contributed by atoms with van der Waals surface area (Å²) < 4.78 is 1.72. The Bertz CT molecular complexity index is 1480. The Kier molecular flexibility index (Phi) is 6.38. The van der Waals surface area contributed by atoms with Gasteiger partial charge in [0.25, 0.3) is 5.91 Å². The van der Waals surface area contributed by atoms with E-state index in [9.17, 15) is 14.7 Å². The second-order valence-corrected chi connectivity index (χ2v) is 9.21. The zero-order chi connectivity index (χ0) is 25.4. The summed E-state index contributed by atoms with van der Waals surface area (Å²) in [5.41, 5.74) is 8.14. The molecule has 1 fully saturated rings. The molecule has 2 amide bonds. The van der Waals surface area contributed by atoms with Crippen LogP contribution in [0.3, 0.4) is 0 Å². The number of piperidine rings is 1. The number of pyridine rings is 2. The van der Waals surface area contributed by atoms with Crippen LogP contribution in [0.25, 0.3) is 22.2 Å². The molecule has 5 rings (SSSR count). The van der Waals surface area contributed by atoms with Gasteiger partial charge in [-0.15, -0.1) is 0 Å². The highest BCUT2D eigenvalue weighted by atomic mass is 35.5. The van der Waals surface area contributed by atoms with Crippen LogP contribution in [0.2, 0.25) is 10.0 Å². The number of aromatic nitrogens is 4. The molecule has 184 valence electrons. The fraction of sp³-hybridized carbons (Fsp3) is 0.208. The molecule has 0 bridgehead atoms. The third-order valence-corrected chi connectivity index (χ3v) is 6.70. The monoisotopic (exact) mass is 525 g/mol. The average Bonchev–Trinajstić information content (AvgIpc) is 3.28. The van der Waals surface area contributed by atoms with Crippen molar-refractivity contribution >= 4 is 57.7 Å². The number of amides is 2. The van der Waals surface area contributed by atoms with Gasteiger partial charge in [0.15, 0.2) is 0 Å². The van der Waals surface area contributed by atoms with Gasteiger partial charge in [-0.3, -0.25) is 9.48 Å². The molecule has 4 aromatic rings. The summed E-state index contributed by atoms with van der Waals surface area (Å²) in [6.07, 6.45) is 3.46. The molecule has 1 saturated heterocycles. The van der Waals surface area contributed by atoms with E-state index in [2.05, 4.69) is 15.3 Å². The molecule has 1 aliphatic heterocycles. The van der Waals surface area contributed by atoms with Crippen molar-refractivity contribution in [2.75, 3.05) is 24.1 Å². The van der Waals surface area contributed by atoms with Gasteiger partial charge in [0.05, 0.1) is 33.2 Å². The molecule has 0 aliphatic carbocycles. The van der Waals surface area contributed by atoms with E-state index in [1.165, 1.54) is 11.1 Å². The number of nitrogens with two attached hydrogens (primary N) is 1. The molecule has 0 radical (unpaired) electrons. The molecule has 0 spiro atoms. The van der Waals surface area contributed by atoms with E-state index in [4.69, 9.17) is 34.0 Å². The number of carbonyl (C=O) groups excluding carboxylic acids is 1. The maximum absolute atomic E-state index is 12.7. The number of carbonyl (C=O) groups is 2. The highest BCUT2D eigenvalue weighted by molar-refractivity contribution is 6.37. The number of fused-ring (bicyclic) bond motifs is 1. The predicted octanol–water partition coefficient (Wildman–Crippen LogP) is 4.95. The first kappa shape index (κ1) is 23.8. The second kappa shape index (κ2) is 9.63. The lowest BCUT2D eigenvalue weighted by Crippen LogP contribution is -2.40. The van der Waals surface area contributed by atoms with E-state index >= 15 is 0 Å². The number of benzene rings is 1. The number of rotatable bonds is 4. The number of anilines is 2. The van der Waals surface area contributed by atoms with Gasteiger partial charge in [0, 0.05) is 30.4 Å². The summed E-state index contributed by atoms with van der Waals surface area (Å²) >= 11 is 13.2. The van der Waals surface area contributed by atoms with Gasteiger partial charge >= 0.3 is 6.09 Å². The Labute approximate surface area is 215 Å². The van der Waals surface area contributed by atoms with E-state index in [1.54, 1.807) is 47.3 Å². The van der Waals surface area contributed by atoms with Gasteiger partial charge in [-0.05, 0) is 37.1 Å². The predicted molar refractivity (Wildman–Crippen MR) is 137 cm³/mol. The van der Waals surface area contributed by atoms with Crippen LogP contribution in [0.5, 0.6) is 0 Å². The number of halogens is 2. The Morgan fingerprint density at radius 1 is 1.14 bits per heavy atom. The summed E-state index contributed by atoms with van der Waals surface area (Å²) in [5, 5.41) is 18.1. The van der Waals surface area contributed by atoms with Crippen LogP contribution in [-0.4, -0.2) is 54.8 Å². The van der Waals surface area contributed by atoms with Crippen LogP contribution >= 0.6 is 23.2 Å². The van der Waals surface area contributed by atoms with E-state index < -0.39 is 6.09 Å². The summed E-state index contributed by atoms with van der Waals surface area (Å²) in [4.78, 5) is 33.9. The number of nitrogen functional groups attached to an aromatic ring is 1. The summed E-state index contributed by atoms with van der Waals surface area (Å²) in [6, 6.07) is 9.82. The third-order valence-electron chi connectivity index (χ3n) is 6.12. The maximum atomic E-state index is 12.7. The van der Waals surface area contributed by atoms with Crippen molar-refractivity contribution in [2.45, 2.75) is 18.9 Å². The lowest BCUT2D eigenvalue weighted by Gasteiger charge is -2.31. The average molecular weight is 526 g/mol. The molecule has 1 unspecified atom stereocenters. The van der Waals surface area contributed by atoms with E-state index in [0.29, 0.717) is 51.5 Å². The molecular weight excluding hydrogens is 505 g/mol. The Morgan fingerprint density at radius 3 is 2.69 bits per heavy atom. The molecule has 0 saturated carbocycles. The summed E-state index contributed by atoms with van der Waals surface area (Å²) in [7, 11) is 0. The normalized spacial score (nSPS) is 15.7. The van der Waals surface area contributed by atoms with Crippen LogP contribution in [0.15, 0.2) is 48.8 Å². The van der Waals surface area contributed by atoms with Crippen molar-refractivity contribution in [3.05, 3.63) is 64.4 Å². The zero-order valence-corrected chi connectivity index (χ0v) is 20.4. The molecular formula is C24H21Cl2N7O3. The van der Waals surface area contributed by atoms with Gasteiger partial charge in [0.1, 0.15) is 17.3 Å². The number of nitrogens with one attached hydrogen (secondary N) is 1. The quantitative estimate of drug-likeness (QED) is 0.342. The topological polar surface area (TPSA) is 139 Å². The molecule has 10 nitrogen and oxygen atoms in total. The van der Waals surface area contributed by atoms with Crippen molar-refractivity contribution in [1.29, 1.82) is 0 Å². The standard InChI is InChI=1S/C24H21Cl2N7O3/c25-16-10-13(23(34)30-18-5-1-2-8-28-18)6-7-15(16)20-19-21(17(26)11-29-22(19)27)33(31-20)14-4-3-9-32(12-14)24(35)36/h1-2,5-8,10-11,14H,3-4,9,12H2,(H2,27,29)(H,35,36)(H,28,30,34). The van der Waals surface area contributed by atoms with Crippen molar-refractivity contribution in [2.24, 2.45) is 0 Å². The van der Waals surface area contributed by atoms with Crippen LogP contribution < -0.4 is 11.1 Å². The minimum Gasteiger partial charge on any atom is -0.465 e. The number of hydrogen-bond donors (Lipinski definition) is 3. The molecule has 4 heterocycles. The van der Waals surface area contributed by atoms with Crippen molar-refractivity contribution in [3.63, 3.8) is 0 Å². The third kappa shape index (κ3) is 4.40. The largest absolute Gasteiger partial charge is 0.465 e.